The lowest BCUT2D eigenvalue weighted by Crippen LogP contribution is -2.33. The van der Waals surface area contributed by atoms with Crippen LogP contribution in [-0.2, 0) is 0 Å². The van der Waals surface area contributed by atoms with Gasteiger partial charge in [0, 0.05) is 6.54 Å². The summed E-state index contributed by atoms with van der Waals surface area (Å²) >= 11 is 0. The van der Waals surface area contributed by atoms with Gasteiger partial charge in [0.25, 0.3) is 0 Å². The Morgan fingerprint density at radius 2 is 1.94 bits per heavy atom. The maximum absolute atomic E-state index is 5.33. The molecule has 0 aliphatic heterocycles. The van der Waals surface area contributed by atoms with E-state index >= 15 is 0 Å². The summed E-state index contributed by atoms with van der Waals surface area (Å²) in [4.78, 5) is 2.27. The Balaban J connectivity index is 3.00. The molecule has 0 amide bonds. The Kier molecular flexibility index (Phi) is 5.21. The SMILES string of the molecule is CCC(c1cccc(OC)c1)C(C)(C)CN(C)C. The van der Waals surface area contributed by atoms with E-state index in [9.17, 15) is 0 Å². The standard InChI is InChI=1S/C16H27NO/c1-7-15(16(2,3)12-17(4)5)13-9-8-10-14(11-13)18-6/h8-11,15H,7,12H2,1-6H3. The van der Waals surface area contributed by atoms with Crippen molar-refractivity contribution in [2.45, 2.75) is 33.1 Å². The molecule has 0 saturated carbocycles. The average Bonchev–Trinajstić information content (AvgIpc) is 2.28. The van der Waals surface area contributed by atoms with Crippen molar-refractivity contribution in [1.82, 2.24) is 4.90 Å². The van der Waals surface area contributed by atoms with E-state index in [4.69, 9.17) is 4.74 Å². The third-order valence-electron chi connectivity index (χ3n) is 3.57. The van der Waals surface area contributed by atoms with Crippen molar-refractivity contribution in [2.75, 3.05) is 27.7 Å². The Labute approximate surface area is 112 Å². The van der Waals surface area contributed by atoms with Gasteiger partial charge in [-0.15, -0.1) is 0 Å². The fourth-order valence-corrected chi connectivity index (χ4v) is 3.02. The van der Waals surface area contributed by atoms with Gasteiger partial charge in [0.15, 0.2) is 0 Å². The molecule has 0 fully saturated rings. The Bertz CT molecular complexity index is 371. The van der Waals surface area contributed by atoms with Crippen LogP contribution in [0, 0.1) is 5.41 Å². The van der Waals surface area contributed by atoms with E-state index in [1.54, 1.807) is 7.11 Å². The van der Waals surface area contributed by atoms with E-state index in [0.717, 1.165) is 18.7 Å². The summed E-state index contributed by atoms with van der Waals surface area (Å²) in [7, 11) is 6.01. The van der Waals surface area contributed by atoms with Gasteiger partial charge in [0.2, 0.25) is 0 Å². The lowest BCUT2D eigenvalue weighted by atomic mass is 9.73. The predicted molar refractivity (Wildman–Crippen MR) is 78.4 cm³/mol. The molecule has 18 heavy (non-hydrogen) atoms. The molecule has 0 aromatic heterocycles. The molecule has 0 N–H and O–H groups in total. The number of hydrogen-bond acceptors (Lipinski definition) is 2. The topological polar surface area (TPSA) is 12.5 Å². The fourth-order valence-electron chi connectivity index (χ4n) is 3.02. The van der Waals surface area contributed by atoms with Crippen molar-refractivity contribution in [2.24, 2.45) is 5.41 Å². The van der Waals surface area contributed by atoms with Crippen molar-refractivity contribution in [3.63, 3.8) is 0 Å². The third kappa shape index (κ3) is 3.74. The molecule has 0 heterocycles. The summed E-state index contributed by atoms with van der Waals surface area (Å²) < 4.78 is 5.33. The zero-order chi connectivity index (χ0) is 13.8. The Morgan fingerprint density at radius 3 is 2.44 bits per heavy atom. The van der Waals surface area contributed by atoms with Crippen LogP contribution in [0.1, 0.15) is 38.7 Å². The number of rotatable bonds is 6. The van der Waals surface area contributed by atoms with Gasteiger partial charge in [-0.25, -0.2) is 0 Å². The van der Waals surface area contributed by atoms with Crippen LogP contribution >= 0.6 is 0 Å². The van der Waals surface area contributed by atoms with E-state index in [1.807, 2.05) is 6.07 Å². The molecule has 0 aliphatic carbocycles. The van der Waals surface area contributed by atoms with Gasteiger partial charge in [-0.3, -0.25) is 0 Å². The molecule has 2 heteroatoms. The number of hydrogen-bond donors (Lipinski definition) is 0. The number of benzene rings is 1. The average molecular weight is 249 g/mol. The van der Waals surface area contributed by atoms with Crippen LogP contribution in [0.15, 0.2) is 24.3 Å². The highest BCUT2D eigenvalue weighted by atomic mass is 16.5. The Hall–Kier alpha value is -1.02. The first-order valence-electron chi connectivity index (χ1n) is 6.69. The lowest BCUT2D eigenvalue weighted by molar-refractivity contribution is 0.194. The van der Waals surface area contributed by atoms with Gasteiger partial charge >= 0.3 is 0 Å². The normalized spacial score (nSPS) is 13.7. The fraction of sp³-hybridized carbons (Fsp3) is 0.625. The number of methoxy groups -OCH3 is 1. The van der Waals surface area contributed by atoms with Crippen LogP contribution in [-0.4, -0.2) is 32.6 Å². The highest BCUT2D eigenvalue weighted by Gasteiger charge is 2.30. The van der Waals surface area contributed by atoms with Crippen LogP contribution in [0.2, 0.25) is 0 Å². The maximum Gasteiger partial charge on any atom is 0.119 e. The quantitative estimate of drug-likeness (QED) is 0.761. The molecule has 1 aromatic carbocycles. The van der Waals surface area contributed by atoms with Crippen LogP contribution in [0.4, 0.5) is 0 Å². The van der Waals surface area contributed by atoms with E-state index in [0.29, 0.717) is 5.92 Å². The zero-order valence-electron chi connectivity index (χ0n) is 12.7. The first-order chi connectivity index (χ1) is 8.40. The molecule has 0 bridgehead atoms. The molecule has 1 rings (SSSR count). The van der Waals surface area contributed by atoms with Crippen LogP contribution in [0.3, 0.4) is 0 Å². The summed E-state index contributed by atoms with van der Waals surface area (Å²) in [5.74, 6) is 1.50. The van der Waals surface area contributed by atoms with Crippen molar-refractivity contribution in [3.05, 3.63) is 29.8 Å². The molecular formula is C16H27NO. The van der Waals surface area contributed by atoms with Gasteiger partial charge in [-0.05, 0) is 49.5 Å². The van der Waals surface area contributed by atoms with Gasteiger partial charge in [-0.2, -0.15) is 0 Å². The number of nitrogens with zero attached hydrogens (tertiary/aromatic N) is 1. The predicted octanol–water partition coefficient (Wildman–Crippen LogP) is 3.78. The minimum absolute atomic E-state index is 0.255. The minimum Gasteiger partial charge on any atom is -0.497 e. The molecular weight excluding hydrogens is 222 g/mol. The van der Waals surface area contributed by atoms with E-state index < -0.39 is 0 Å². The van der Waals surface area contributed by atoms with Gasteiger partial charge in [-0.1, -0.05) is 32.9 Å². The third-order valence-corrected chi connectivity index (χ3v) is 3.57. The van der Waals surface area contributed by atoms with Crippen molar-refractivity contribution < 1.29 is 4.74 Å². The van der Waals surface area contributed by atoms with E-state index in [2.05, 4.69) is 58.0 Å². The monoisotopic (exact) mass is 249 g/mol. The molecule has 2 nitrogen and oxygen atoms in total. The summed E-state index contributed by atoms with van der Waals surface area (Å²) in [5.41, 5.74) is 1.63. The second kappa shape index (κ2) is 6.24. The van der Waals surface area contributed by atoms with Crippen LogP contribution < -0.4 is 4.74 Å². The molecule has 1 atom stereocenters. The molecule has 0 spiro atoms. The molecule has 0 saturated heterocycles. The maximum atomic E-state index is 5.33. The van der Waals surface area contributed by atoms with Crippen molar-refractivity contribution >= 4 is 0 Å². The second-order valence-electron chi connectivity index (χ2n) is 5.96. The van der Waals surface area contributed by atoms with E-state index in [-0.39, 0.29) is 5.41 Å². The van der Waals surface area contributed by atoms with Crippen molar-refractivity contribution in [1.29, 1.82) is 0 Å². The minimum atomic E-state index is 0.255. The molecule has 102 valence electrons. The second-order valence-corrected chi connectivity index (χ2v) is 5.96. The highest BCUT2D eigenvalue weighted by Crippen LogP contribution is 2.39. The Morgan fingerprint density at radius 1 is 1.28 bits per heavy atom. The summed E-state index contributed by atoms with van der Waals surface area (Å²) in [6, 6.07) is 8.48. The summed E-state index contributed by atoms with van der Waals surface area (Å²) in [6.45, 7) is 8.05. The largest absolute Gasteiger partial charge is 0.497 e. The summed E-state index contributed by atoms with van der Waals surface area (Å²) in [5, 5.41) is 0. The number of ether oxygens (including phenoxy) is 1. The molecule has 0 aliphatic rings. The zero-order valence-corrected chi connectivity index (χ0v) is 12.7. The first kappa shape index (κ1) is 15.0. The first-order valence-corrected chi connectivity index (χ1v) is 6.69. The smallest absolute Gasteiger partial charge is 0.119 e. The van der Waals surface area contributed by atoms with Gasteiger partial charge < -0.3 is 9.64 Å². The van der Waals surface area contributed by atoms with Crippen molar-refractivity contribution in [3.8, 4) is 5.75 Å². The molecule has 1 aromatic rings. The molecule has 0 radical (unpaired) electrons. The van der Waals surface area contributed by atoms with Crippen LogP contribution in [0.5, 0.6) is 5.75 Å². The molecule has 1 unspecified atom stereocenters. The van der Waals surface area contributed by atoms with Crippen LogP contribution in [0.25, 0.3) is 0 Å². The van der Waals surface area contributed by atoms with E-state index in [1.165, 1.54) is 5.56 Å². The highest BCUT2D eigenvalue weighted by molar-refractivity contribution is 5.31. The van der Waals surface area contributed by atoms with Gasteiger partial charge in [0.05, 0.1) is 7.11 Å². The van der Waals surface area contributed by atoms with Gasteiger partial charge in [0.1, 0.15) is 5.75 Å². The summed E-state index contributed by atoms with van der Waals surface area (Å²) in [6.07, 6.45) is 1.15. The lowest BCUT2D eigenvalue weighted by Gasteiger charge is -2.36.